The van der Waals surface area contributed by atoms with Crippen molar-refractivity contribution in [3.05, 3.63) is 68.9 Å². The van der Waals surface area contributed by atoms with Crippen molar-refractivity contribution in [1.82, 2.24) is 29.5 Å². The molecule has 1 saturated carbocycles. The highest BCUT2D eigenvalue weighted by molar-refractivity contribution is 5.57. The number of nitrogens with one attached hydrogen (secondary N) is 3. The number of halogens is 1. The smallest absolute Gasteiger partial charge is 0.326 e. The molecule has 4 N–H and O–H groups in total. The van der Waals surface area contributed by atoms with E-state index in [1.807, 2.05) is 13.0 Å². The molecule has 0 saturated heterocycles. The predicted molar refractivity (Wildman–Crippen MR) is 110 cm³/mol. The summed E-state index contributed by atoms with van der Waals surface area (Å²) in [6.07, 6.45) is 5.10. The number of imidazole rings is 1. The van der Waals surface area contributed by atoms with Crippen LogP contribution < -0.4 is 21.8 Å². The van der Waals surface area contributed by atoms with Crippen LogP contribution in [0.15, 0.2) is 40.2 Å². The molecular weight excluding hydrogens is 403 g/mol. The molecule has 1 aliphatic carbocycles. The van der Waals surface area contributed by atoms with Gasteiger partial charge in [-0.25, -0.2) is 14.2 Å². The van der Waals surface area contributed by atoms with Crippen LogP contribution >= 0.6 is 0 Å². The zero-order valence-electron chi connectivity index (χ0n) is 16.5. The Hall–Kier alpha value is -4.02. The van der Waals surface area contributed by atoms with Gasteiger partial charge in [-0.05, 0) is 43.5 Å². The molecule has 0 bridgehead atoms. The molecule has 5 rings (SSSR count). The van der Waals surface area contributed by atoms with Gasteiger partial charge in [0.05, 0.1) is 18.3 Å². The Kier molecular flexibility index (Phi) is 4.50. The molecule has 11 heteroatoms. The van der Waals surface area contributed by atoms with Gasteiger partial charge >= 0.3 is 5.69 Å². The summed E-state index contributed by atoms with van der Waals surface area (Å²) in [6.45, 7) is 1.88. The topological polar surface area (TPSA) is 136 Å². The van der Waals surface area contributed by atoms with Crippen LogP contribution in [-0.4, -0.2) is 40.7 Å². The molecule has 0 radical (unpaired) electrons. The molecule has 3 aromatic heterocycles. The van der Waals surface area contributed by atoms with Gasteiger partial charge in [-0.15, -0.1) is 0 Å². The van der Waals surface area contributed by atoms with Gasteiger partial charge < -0.3 is 15.4 Å². The van der Waals surface area contributed by atoms with E-state index in [0.717, 1.165) is 18.4 Å². The van der Waals surface area contributed by atoms with Gasteiger partial charge in [0, 0.05) is 5.22 Å². The first-order valence-electron chi connectivity index (χ1n) is 9.81. The Morgan fingerprint density at radius 2 is 2.19 bits per heavy atom. The van der Waals surface area contributed by atoms with E-state index in [-0.39, 0.29) is 29.5 Å². The minimum atomic E-state index is -0.523. The number of anilines is 1. The molecule has 1 atom stereocenters. The van der Waals surface area contributed by atoms with Crippen molar-refractivity contribution in [2.75, 3.05) is 5.32 Å². The van der Waals surface area contributed by atoms with Gasteiger partial charge in [-0.3, -0.25) is 4.98 Å². The maximum Gasteiger partial charge on any atom is 0.326 e. The Morgan fingerprint density at radius 1 is 1.35 bits per heavy atom. The Balaban J connectivity index is 1.62. The zero-order chi connectivity index (χ0) is 21.5. The van der Waals surface area contributed by atoms with E-state index in [4.69, 9.17) is 0 Å². The Labute approximate surface area is 174 Å². The van der Waals surface area contributed by atoms with Crippen molar-refractivity contribution >= 4 is 17.7 Å². The number of benzene rings is 1. The summed E-state index contributed by atoms with van der Waals surface area (Å²) in [5.41, 5.74) is 1.28. The molecular formula is C20H19FN8O2. The SMILES string of the molecule is CC(Nc1nc(=NC2CC2)n2nc/c(=C/c3[nH]c(=O)[nH]c3O)c2n1)c1cccc(F)c1. The van der Waals surface area contributed by atoms with E-state index in [2.05, 4.69) is 35.3 Å². The fourth-order valence-electron chi connectivity index (χ4n) is 3.20. The van der Waals surface area contributed by atoms with Gasteiger partial charge in [-0.2, -0.15) is 19.6 Å². The van der Waals surface area contributed by atoms with Gasteiger partial charge in [0.15, 0.2) is 5.65 Å². The van der Waals surface area contributed by atoms with E-state index in [1.54, 1.807) is 18.3 Å². The molecule has 4 aromatic rings. The molecule has 1 aliphatic rings. The van der Waals surface area contributed by atoms with E-state index in [1.165, 1.54) is 16.6 Å². The van der Waals surface area contributed by atoms with Gasteiger partial charge in [-0.1, -0.05) is 12.1 Å². The summed E-state index contributed by atoms with van der Waals surface area (Å²) in [7, 11) is 0. The number of hydrogen-bond acceptors (Lipinski definition) is 7. The third-order valence-corrected chi connectivity index (χ3v) is 4.95. The van der Waals surface area contributed by atoms with Crippen LogP contribution in [-0.2, 0) is 0 Å². The summed E-state index contributed by atoms with van der Waals surface area (Å²) >= 11 is 0. The molecule has 1 aromatic carbocycles. The Bertz CT molecular complexity index is 1450. The minimum absolute atomic E-state index is 0.202. The Morgan fingerprint density at radius 3 is 2.90 bits per heavy atom. The molecule has 1 unspecified atom stereocenters. The summed E-state index contributed by atoms with van der Waals surface area (Å²) in [4.78, 5) is 29.9. The molecule has 1 fully saturated rings. The highest BCUT2D eigenvalue weighted by atomic mass is 19.1. The standard InChI is InChI=1S/C20H19FN8O2/c1-10(11-3-2-4-13(21)7-11)23-18-26-16-12(8-15-17(30)27-20(31)25-15)9-22-29(16)19(28-18)24-14-5-6-14/h2-4,7-10,14,30H,5-6H2,1H3,(H,23,24,28)(H2,25,27,31)/b12-8-. The first kappa shape index (κ1) is 19.0. The monoisotopic (exact) mass is 422 g/mol. The minimum Gasteiger partial charge on any atom is -0.493 e. The highest BCUT2D eigenvalue weighted by Gasteiger charge is 2.21. The van der Waals surface area contributed by atoms with Crippen molar-refractivity contribution in [2.24, 2.45) is 4.99 Å². The maximum atomic E-state index is 13.6. The van der Waals surface area contributed by atoms with E-state index >= 15 is 0 Å². The van der Waals surface area contributed by atoms with Crippen LogP contribution in [0.4, 0.5) is 10.3 Å². The van der Waals surface area contributed by atoms with Crippen molar-refractivity contribution in [3.63, 3.8) is 0 Å². The molecule has 158 valence electrons. The number of aromatic amines is 2. The second-order valence-electron chi connectivity index (χ2n) is 7.45. The van der Waals surface area contributed by atoms with E-state index in [0.29, 0.717) is 22.4 Å². The third-order valence-electron chi connectivity index (χ3n) is 4.95. The van der Waals surface area contributed by atoms with Crippen LogP contribution in [0.3, 0.4) is 0 Å². The molecule has 31 heavy (non-hydrogen) atoms. The summed E-state index contributed by atoms with van der Waals surface area (Å²) in [6, 6.07) is 6.25. The molecule has 0 amide bonds. The number of H-pyrrole nitrogens is 2. The number of rotatable bonds is 5. The van der Waals surface area contributed by atoms with Crippen LogP contribution in [0, 0.1) is 5.82 Å². The van der Waals surface area contributed by atoms with Crippen molar-refractivity contribution in [1.29, 1.82) is 0 Å². The average Bonchev–Trinajstić information content (AvgIpc) is 3.37. The lowest BCUT2D eigenvalue weighted by Crippen LogP contribution is -2.25. The lowest BCUT2D eigenvalue weighted by Gasteiger charge is -2.14. The van der Waals surface area contributed by atoms with Crippen LogP contribution in [0.1, 0.15) is 37.1 Å². The molecule has 3 heterocycles. The zero-order valence-corrected chi connectivity index (χ0v) is 16.5. The first-order chi connectivity index (χ1) is 15.0. The lowest BCUT2D eigenvalue weighted by molar-refractivity contribution is 0.454. The molecule has 10 nitrogen and oxygen atoms in total. The maximum absolute atomic E-state index is 13.6. The average molecular weight is 422 g/mol. The number of aromatic hydroxyl groups is 1. The van der Waals surface area contributed by atoms with Crippen LogP contribution in [0.2, 0.25) is 0 Å². The highest BCUT2D eigenvalue weighted by Crippen LogP contribution is 2.22. The van der Waals surface area contributed by atoms with E-state index < -0.39 is 5.69 Å². The van der Waals surface area contributed by atoms with Gasteiger partial charge in [0.1, 0.15) is 11.5 Å². The van der Waals surface area contributed by atoms with Gasteiger partial charge in [0.2, 0.25) is 11.8 Å². The summed E-state index contributed by atoms with van der Waals surface area (Å²) < 4.78 is 15.1. The number of nitrogens with zero attached hydrogens (tertiary/aromatic N) is 5. The summed E-state index contributed by atoms with van der Waals surface area (Å²) in [5.74, 6) is -0.287. The van der Waals surface area contributed by atoms with Crippen LogP contribution in [0.5, 0.6) is 5.88 Å². The number of hydrogen-bond donors (Lipinski definition) is 4. The van der Waals surface area contributed by atoms with Crippen molar-refractivity contribution in [3.8, 4) is 5.88 Å². The number of fused-ring (bicyclic) bond motifs is 1. The lowest BCUT2D eigenvalue weighted by atomic mass is 10.1. The largest absolute Gasteiger partial charge is 0.493 e. The van der Waals surface area contributed by atoms with E-state index in [9.17, 15) is 14.3 Å². The quantitative estimate of drug-likeness (QED) is 0.375. The fourth-order valence-corrected chi connectivity index (χ4v) is 3.20. The predicted octanol–water partition coefficient (Wildman–Crippen LogP) is 0.769. The van der Waals surface area contributed by atoms with Crippen LogP contribution in [0.25, 0.3) is 11.7 Å². The summed E-state index contributed by atoms with van der Waals surface area (Å²) in [5, 5.41) is 17.9. The molecule has 0 aliphatic heterocycles. The third kappa shape index (κ3) is 3.89. The molecule has 0 spiro atoms. The fraction of sp³-hybridized carbons (Fsp3) is 0.250. The number of aromatic nitrogens is 6. The second kappa shape index (κ2) is 7.35. The van der Waals surface area contributed by atoms with Crippen molar-refractivity contribution < 1.29 is 9.50 Å². The first-order valence-corrected chi connectivity index (χ1v) is 9.81. The second-order valence-corrected chi connectivity index (χ2v) is 7.45. The van der Waals surface area contributed by atoms with Crippen molar-refractivity contribution in [2.45, 2.75) is 31.8 Å². The normalized spacial score (nSPS) is 16.2. The van der Waals surface area contributed by atoms with Gasteiger partial charge in [0.25, 0.3) is 5.62 Å².